The van der Waals surface area contributed by atoms with Crippen molar-refractivity contribution in [2.45, 2.75) is 26.8 Å². The van der Waals surface area contributed by atoms with E-state index in [-0.39, 0.29) is 5.57 Å². The number of nitrogens with zero attached hydrogens (tertiary/aromatic N) is 2. The molecule has 0 radical (unpaired) electrons. The van der Waals surface area contributed by atoms with Crippen LogP contribution in [0, 0.1) is 0 Å². The van der Waals surface area contributed by atoms with Crippen molar-refractivity contribution in [3.63, 3.8) is 0 Å². The molecule has 1 amide bonds. The van der Waals surface area contributed by atoms with Crippen molar-refractivity contribution in [2.24, 2.45) is 0 Å². The minimum Gasteiger partial charge on any atom is -0.503 e. The second kappa shape index (κ2) is 10.8. The summed E-state index contributed by atoms with van der Waals surface area (Å²) in [4.78, 5) is 29.8. The Labute approximate surface area is 188 Å². The number of furan rings is 1. The van der Waals surface area contributed by atoms with E-state index in [2.05, 4.69) is 18.7 Å². The smallest absolute Gasteiger partial charge is 0.290 e. The van der Waals surface area contributed by atoms with E-state index in [0.717, 1.165) is 18.7 Å². The summed E-state index contributed by atoms with van der Waals surface area (Å²) in [6.07, 6.45) is 4.37. The summed E-state index contributed by atoms with van der Waals surface area (Å²) in [6, 6.07) is 10.0. The number of allylic oxidation sites excluding steroid dienone is 1. The summed E-state index contributed by atoms with van der Waals surface area (Å²) < 4.78 is 10.8. The Morgan fingerprint density at radius 1 is 1.19 bits per heavy atom. The molecule has 0 aliphatic carbocycles. The van der Waals surface area contributed by atoms with E-state index in [1.165, 1.54) is 18.4 Å². The lowest BCUT2D eigenvalue weighted by Gasteiger charge is -2.29. The maximum atomic E-state index is 13.1. The monoisotopic (exact) mass is 438 g/mol. The minimum atomic E-state index is -0.678. The van der Waals surface area contributed by atoms with E-state index in [1.54, 1.807) is 17.0 Å². The highest BCUT2D eigenvalue weighted by Crippen LogP contribution is 2.38. The van der Waals surface area contributed by atoms with Gasteiger partial charge in [-0.15, -0.1) is 0 Å². The minimum absolute atomic E-state index is 0.0708. The average molecular weight is 439 g/mol. The Bertz CT molecular complexity index is 972. The molecule has 3 rings (SSSR count). The molecule has 2 heterocycles. The number of ketones is 1. The Balaban J connectivity index is 1.94. The number of amides is 1. The van der Waals surface area contributed by atoms with Crippen LogP contribution >= 0.6 is 0 Å². The highest BCUT2D eigenvalue weighted by atomic mass is 16.5. The van der Waals surface area contributed by atoms with Gasteiger partial charge in [0.05, 0.1) is 24.5 Å². The van der Waals surface area contributed by atoms with Crippen molar-refractivity contribution in [3.8, 4) is 5.75 Å². The molecule has 2 aromatic rings. The largest absolute Gasteiger partial charge is 0.503 e. The number of carbonyl (C=O) groups excluding carboxylic acids is 2. The van der Waals surface area contributed by atoms with Crippen molar-refractivity contribution < 1.29 is 23.8 Å². The molecule has 0 saturated carbocycles. The molecule has 1 aromatic carbocycles. The number of aliphatic hydroxyl groups is 1. The third-order valence-corrected chi connectivity index (χ3v) is 5.57. The topological polar surface area (TPSA) is 83.2 Å². The number of likely N-dealkylation sites (N-methyl/N-ethyl adjacent to an activating group) is 1. The van der Waals surface area contributed by atoms with Gasteiger partial charge in [-0.2, -0.15) is 0 Å². The van der Waals surface area contributed by atoms with Gasteiger partial charge in [0.25, 0.3) is 5.91 Å². The maximum Gasteiger partial charge on any atom is 0.290 e. The predicted molar refractivity (Wildman–Crippen MR) is 122 cm³/mol. The molecule has 0 saturated heterocycles. The molecule has 0 bridgehead atoms. The fourth-order valence-electron chi connectivity index (χ4n) is 3.82. The van der Waals surface area contributed by atoms with E-state index < -0.39 is 23.5 Å². The van der Waals surface area contributed by atoms with Crippen LogP contribution < -0.4 is 4.74 Å². The van der Waals surface area contributed by atoms with E-state index >= 15 is 0 Å². The second-order valence-electron chi connectivity index (χ2n) is 7.41. The van der Waals surface area contributed by atoms with Crippen LogP contribution in [0.2, 0.25) is 0 Å². The van der Waals surface area contributed by atoms with E-state index in [9.17, 15) is 14.7 Å². The lowest BCUT2D eigenvalue weighted by atomic mass is 9.95. The molecule has 7 heteroatoms. The number of benzene rings is 1. The molecule has 1 aromatic heterocycles. The first-order valence-corrected chi connectivity index (χ1v) is 10.9. The van der Waals surface area contributed by atoms with Gasteiger partial charge in [0.2, 0.25) is 0 Å². The molecule has 32 heavy (non-hydrogen) atoms. The van der Waals surface area contributed by atoms with Gasteiger partial charge in [-0.25, -0.2) is 0 Å². The summed E-state index contributed by atoms with van der Waals surface area (Å²) in [5.41, 5.74) is 0.807. The highest BCUT2D eigenvalue weighted by Gasteiger charge is 2.42. The average Bonchev–Trinajstić information content (AvgIpc) is 3.41. The molecule has 1 unspecified atom stereocenters. The Hall–Kier alpha value is -3.32. The van der Waals surface area contributed by atoms with Crippen molar-refractivity contribution in [1.82, 2.24) is 9.80 Å². The van der Waals surface area contributed by atoms with Crippen LogP contribution in [-0.2, 0) is 9.59 Å². The first-order chi connectivity index (χ1) is 15.5. The third-order valence-electron chi connectivity index (χ3n) is 5.57. The molecule has 170 valence electrons. The van der Waals surface area contributed by atoms with Crippen LogP contribution in [-0.4, -0.2) is 59.4 Å². The van der Waals surface area contributed by atoms with Gasteiger partial charge >= 0.3 is 0 Å². The van der Waals surface area contributed by atoms with Gasteiger partial charge in [-0.3, -0.25) is 9.59 Å². The van der Waals surface area contributed by atoms with Crippen molar-refractivity contribution in [3.05, 3.63) is 71.4 Å². The Morgan fingerprint density at radius 2 is 1.91 bits per heavy atom. The van der Waals surface area contributed by atoms with Crippen molar-refractivity contribution >= 4 is 17.8 Å². The van der Waals surface area contributed by atoms with Crippen LogP contribution in [0.4, 0.5) is 0 Å². The highest BCUT2D eigenvalue weighted by molar-refractivity contribution is 6.14. The van der Waals surface area contributed by atoms with Crippen LogP contribution in [0.1, 0.15) is 38.1 Å². The van der Waals surface area contributed by atoms with Gasteiger partial charge < -0.3 is 24.1 Å². The molecule has 0 fully saturated rings. The zero-order chi connectivity index (χ0) is 23.1. The lowest BCUT2D eigenvalue weighted by molar-refractivity contribution is -0.129. The van der Waals surface area contributed by atoms with Gasteiger partial charge in [0.15, 0.2) is 11.5 Å². The molecule has 7 nitrogen and oxygen atoms in total. The summed E-state index contributed by atoms with van der Waals surface area (Å²) in [5, 5.41) is 10.7. The summed E-state index contributed by atoms with van der Waals surface area (Å²) in [6.45, 7) is 9.30. The van der Waals surface area contributed by atoms with Gasteiger partial charge in [-0.05, 0) is 62.0 Å². The zero-order valence-electron chi connectivity index (χ0n) is 18.8. The first-order valence-electron chi connectivity index (χ1n) is 10.9. The van der Waals surface area contributed by atoms with E-state index in [4.69, 9.17) is 9.15 Å². The fourth-order valence-corrected chi connectivity index (χ4v) is 3.82. The number of rotatable bonds is 11. The first kappa shape index (κ1) is 23.3. The number of aliphatic hydroxyl groups excluding tert-OH is 1. The number of hydrogen-bond acceptors (Lipinski definition) is 6. The third kappa shape index (κ3) is 5.11. The maximum absolute atomic E-state index is 13.1. The molecule has 1 aliphatic heterocycles. The summed E-state index contributed by atoms with van der Waals surface area (Å²) >= 11 is 0. The van der Waals surface area contributed by atoms with Crippen LogP contribution in [0.25, 0.3) is 6.08 Å². The number of carbonyl (C=O) groups is 2. The van der Waals surface area contributed by atoms with Crippen LogP contribution in [0.15, 0.2) is 64.5 Å². The standard InChI is InChI=1S/C25H30N2O5/c1-4-26(5-2)15-16-27-23(18-9-11-20(12-10-18)31-6-3)22(24(29)25(27)30)21(28)14-13-19-8-7-17-32-19/h7-14,17,23,29H,4-6,15-16H2,1-3H3/b14-13+. The fraction of sp³-hybridized carbons (Fsp3) is 0.360. The number of hydrogen-bond donors (Lipinski definition) is 1. The van der Waals surface area contributed by atoms with Gasteiger partial charge in [0.1, 0.15) is 11.5 Å². The molecule has 1 aliphatic rings. The normalized spacial score (nSPS) is 16.6. The summed E-state index contributed by atoms with van der Waals surface area (Å²) in [5.74, 6) is -0.257. The predicted octanol–water partition coefficient (Wildman–Crippen LogP) is 4.00. The molecular weight excluding hydrogens is 408 g/mol. The molecule has 1 N–H and O–H groups in total. The quantitative estimate of drug-likeness (QED) is 0.534. The molecule has 1 atom stereocenters. The van der Waals surface area contributed by atoms with E-state index in [1.807, 2.05) is 31.2 Å². The van der Waals surface area contributed by atoms with Gasteiger partial charge in [-0.1, -0.05) is 26.0 Å². The Morgan fingerprint density at radius 3 is 2.50 bits per heavy atom. The van der Waals surface area contributed by atoms with Crippen LogP contribution in [0.5, 0.6) is 5.75 Å². The Kier molecular flexibility index (Phi) is 7.89. The van der Waals surface area contributed by atoms with Crippen molar-refractivity contribution in [1.29, 1.82) is 0 Å². The zero-order valence-corrected chi connectivity index (χ0v) is 18.8. The number of ether oxygens (including phenoxy) is 1. The van der Waals surface area contributed by atoms with Crippen molar-refractivity contribution in [2.75, 3.05) is 32.8 Å². The van der Waals surface area contributed by atoms with E-state index in [0.29, 0.717) is 31.2 Å². The second-order valence-corrected chi connectivity index (χ2v) is 7.41. The SMILES string of the molecule is CCOc1ccc(C2C(C(=O)/C=C/c3ccco3)=C(O)C(=O)N2CCN(CC)CC)cc1. The van der Waals surface area contributed by atoms with Gasteiger partial charge in [0, 0.05) is 13.1 Å². The van der Waals surface area contributed by atoms with Crippen LogP contribution in [0.3, 0.4) is 0 Å². The molecular formula is C25H30N2O5. The lowest BCUT2D eigenvalue weighted by Crippen LogP contribution is -2.38. The molecule has 0 spiro atoms. The summed E-state index contributed by atoms with van der Waals surface area (Å²) in [7, 11) is 0.